The molecule has 88 valence electrons. The topological polar surface area (TPSA) is 56.0 Å². The third-order valence-corrected chi connectivity index (χ3v) is 3.26. The Balaban J connectivity index is 1.84. The monoisotopic (exact) mass is 246 g/mol. The molecule has 0 atom stereocenters. The molecule has 3 nitrogen and oxygen atoms in total. The second-order valence-electron chi connectivity index (χ2n) is 3.89. The zero-order chi connectivity index (χ0) is 12.1. The van der Waals surface area contributed by atoms with Crippen molar-refractivity contribution in [2.75, 3.05) is 5.73 Å². The summed E-state index contributed by atoms with van der Waals surface area (Å²) in [5.74, 6) is 0.224. The van der Waals surface area contributed by atoms with Gasteiger partial charge >= 0.3 is 0 Å². The standard InChI is InChI=1S/C13H14N2OS/c14-11-3-1-2-10(8-11)4-5-12(16)9-13-15-6-7-17-13/h1-3,6-8H,4-5,9,14H2. The summed E-state index contributed by atoms with van der Waals surface area (Å²) in [5, 5.41) is 2.78. The normalized spacial score (nSPS) is 10.4. The zero-order valence-electron chi connectivity index (χ0n) is 9.43. The predicted octanol–water partition coefficient (Wildman–Crippen LogP) is 2.47. The number of nitrogens with two attached hydrogens (primary N) is 1. The summed E-state index contributed by atoms with van der Waals surface area (Å²) < 4.78 is 0. The van der Waals surface area contributed by atoms with E-state index in [1.807, 2.05) is 29.6 Å². The van der Waals surface area contributed by atoms with Gasteiger partial charge in [0.2, 0.25) is 0 Å². The van der Waals surface area contributed by atoms with E-state index in [0.717, 1.165) is 22.7 Å². The number of rotatable bonds is 5. The fourth-order valence-corrected chi connectivity index (χ4v) is 2.27. The first-order valence-electron chi connectivity index (χ1n) is 5.48. The van der Waals surface area contributed by atoms with E-state index in [-0.39, 0.29) is 5.78 Å². The Morgan fingerprint density at radius 3 is 3.00 bits per heavy atom. The van der Waals surface area contributed by atoms with Gasteiger partial charge < -0.3 is 5.73 Å². The Kier molecular flexibility index (Phi) is 3.88. The molecule has 0 saturated carbocycles. The number of Topliss-reactive ketones (excluding diaryl/α,β-unsaturated/α-hetero) is 1. The van der Waals surface area contributed by atoms with Gasteiger partial charge in [-0.2, -0.15) is 0 Å². The number of nitrogen functional groups attached to an aromatic ring is 1. The highest BCUT2D eigenvalue weighted by molar-refractivity contribution is 7.09. The molecule has 2 aromatic rings. The summed E-state index contributed by atoms with van der Waals surface area (Å²) in [5.41, 5.74) is 7.54. The lowest BCUT2D eigenvalue weighted by molar-refractivity contribution is -0.118. The minimum absolute atomic E-state index is 0.224. The quantitative estimate of drug-likeness (QED) is 0.824. The lowest BCUT2D eigenvalue weighted by atomic mass is 10.1. The molecule has 0 amide bonds. The number of ketones is 1. The Bertz CT molecular complexity index is 494. The second kappa shape index (κ2) is 5.59. The van der Waals surface area contributed by atoms with E-state index < -0.39 is 0 Å². The van der Waals surface area contributed by atoms with Gasteiger partial charge in [0.15, 0.2) is 0 Å². The molecule has 0 bridgehead atoms. The van der Waals surface area contributed by atoms with E-state index in [9.17, 15) is 4.79 Å². The van der Waals surface area contributed by atoms with Gasteiger partial charge in [-0.25, -0.2) is 4.98 Å². The van der Waals surface area contributed by atoms with Crippen molar-refractivity contribution in [3.05, 3.63) is 46.4 Å². The third kappa shape index (κ3) is 3.67. The van der Waals surface area contributed by atoms with Gasteiger partial charge in [-0.1, -0.05) is 12.1 Å². The molecule has 2 rings (SSSR count). The van der Waals surface area contributed by atoms with Crippen molar-refractivity contribution in [2.24, 2.45) is 0 Å². The first kappa shape index (κ1) is 11.8. The molecule has 0 aliphatic rings. The van der Waals surface area contributed by atoms with E-state index in [4.69, 9.17) is 5.73 Å². The smallest absolute Gasteiger partial charge is 0.140 e. The number of aromatic nitrogens is 1. The summed E-state index contributed by atoms with van der Waals surface area (Å²) in [6, 6.07) is 7.67. The van der Waals surface area contributed by atoms with Crippen molar-refractivity contribution in [3.63, 3.8) is 0 Å². The van der Waals surface area contributed by atoms with Crippen LogP contribution in [0.4, 0.5) is 5.69 Å². The van der Waals surface area contributed by atoms with E-state index in [0.29, 0.717) is 12.8 Å². The van der Waals surface area contributed by atoms with Crippen molar-refractivity contribution in [1.82, 2.24) is 4.98 Å². The van der Waals surface area contributed by atoms with Crippen LogP contribution >= 0.6 is 11.3 Å². The second-order valence-corrected chi connectivity index (χ2v) is 4.87. The van der Waals surface area contributed by atoms with E-state index in [1.165, 1.54) is 11.3 Å². The molecule has 1 aromatic carbocycles. The van der Waals surface area contributed by atoms with Gasteiger partial charge in [0.1, 0.15) is 5.78 Å². The SMILES string of the molecule is Nc1cccc(CCC(=O)Cc2nccs2)c1. The van der Waals surface area contributed by atoms with Crippen molar-refractivity contribution in [2.45, 2.75) is 19.3 Å². The molecule has 0 saturated heterocycles. The van der Waals surface area contributed by atoms with Crippen LogP contribution in [0.15, 0.2) is 35.8 Å². The van der Waals surface area contributed by atoms with Gasteiger partial charge in [-0.15, -0.1) is 11.3 Å². The fourth-order valence-electron chi connectivity index (χ4n) is 1.63. The lowest BCUT2D eigenvalue weighted by Gasteiger charge is -2.01. The minimum Gasteiger partial charge on any atom is -0.399 e. The van der Waals surface area contributed by atoms with Gasteiger partial charge in [0, 0.05) is 23.7 Å². The minimum atomic E-state index is 0.224. The average Bonchev–Trinajstić information content (AvgIpc) is 2.79. The molecule has 0 unspecified atom stereocenters. The number of carbonyl (C=O) groups is 1. The summed E-state index contributed by atoms with van der Waals surface area (Å²) >= 11 is 1.52. The van der Waals surface area contributed by atoms with E-state index >= 15 is 0 Å². The summed E-state index contributed by atoms with van der Waals surface area (Å²) in [6.45, 7) is 0. The number of thiazole rings is 1. The Morgan fingerprint density at radius 2 is 2.29 bits per heavy atom. The Morgan fingerprint density at radius 1 is 1.41 bits per heavy atom. The molecule has 17 heavy (non-hydrogen) atoms. The van der Waals surface area contributed by atoms with Crippen molar-refractivity contribution in [1.29, 1.82) is 0 Å². The molecule has 0 spiro atoms. The van der Waals surface area contributed by atoms with Crippen LogP contribution < -0.4 is 5.73 Å². The number of anilines is 1. The Labute approximate surface area is 104 Å². The first-order chi connectivity index (χ1) is 8.24. The van der Waals surface area contributed by atoms with Crippen LogP contribution in [0, 0.1) is 0 Å². The molecule has 0 aliphatic carbocycles. The summed E-state index contributed by atoms with van der Waals surface area (Å²) in [4.78, 5) is 15.8. The van der Waals surface area contributed by atoms with Crippen molar-refractivity contribution < 1.29 is 4.79 Å². The van der Waals surface area contributed by atoms with Gasteiger partial charge in [-0.3, -0.25) is 4.79 Å². The molecule has 0 aliphatic heterocycles. The summed E-state index contributed by atoms with van der Waals surface area (Å²) in [7, 11) is 0. The highest BCUT2D eigenvalue weighted by Crippen LogP contribution is 2.11. The number of nitrogens with zero attached hydrogens (tertiary/aromatic N) is 1. The van der Waals surface area contributed by atoms with Crippen LogP contribution in [0.5, 0.6) is 0 Å². The van der Waals surface area contributed by atoms with E-state index in [2.05, 4.69) is 4.98 Å². The van der Waals surface area contributed by atoms with Crippen LogP contribution in [0.2, 0.25) is 0 Å². The van der Waals surface area contributed by atoms with Crippen molar-refractivity contribution in [3.8, 4) is 0 Å². The maximum atomic E-state index is 11.7. The highest BCUT2D eigenvalue weighted by Gasteiger charge is 2.06. The first-order valence-corrected chi connectivity index (χ1v) is 6.36. The van der Waals surface area contributed by atoms with Gasteiger partial charge in [0.05, 0.1) is 11.4 Å². The van der Waals surface area contributed by atoms with Crippen LogP contribution in [0.3, 0.4) is 0 Å². The van der Waals surface area contributed by atoms with E-state index in [1.54, 1.807) is 6.20 Å². The molecule has 0 radical (unpaired) electrons. The number of benzene rings is 1. The average molecular weight is 246 g/mol. The predicted molar refractivity (Wildman–Crippen MR) is 70.0 cm³/mol. The summed E-state index contributed by atoms with van der Waals surface area (Å²) in [6.07, 6.45) is 3.46. The van der Waals surface area contributed by atoms with Crippen LogP contribution in [-0.2, 0) is 17.6 Å². The number of aryl methyl sites for hydroxylation is 1. The van der Waals surface area contributed by atoms with Gasteiger partial charge in [-0.05, 0) is 24.1 Å². The third-order valence-electron chi connectivity index (χ3n) is 2.48. The van der Waals surface area contributed by atoms with Crippen LogP contribution in [-0.4, -0.2) is 10.8 Å². The molecule has 1 aromatic heterocycles. The molecule has 1 heterocycles. The zero-order valence-corrected chi connectivity index (χ0v) is 10.2. The number of hydrogen-bond acceptors (Lipinski definition) is 4. The molecular weight excluding hydrogens is 232 g/mol. The van der Waals surface area contributed by atoms with Gasteiger partial charge in [0.25, 0.3) is 0 Å². The lowest BCUT2D eigenvalue weighted by Crippen LogP contribution is -2.04. The van der Waals surface area contributed by atoms with Crippen molar-refractivity contribution >= 4 is 22.8 Å². The Hall–Kier alpha value is -1.68. The molecule has 2 N–H and O–H groups in total. The maximum Gasteiger partial charge on any atom is 0.140 e. The van der Waals surface area contributed by atoms with Crippen LogP contribution in [0.1, 0.15) is 17.0 Å². The highest BCUT2D eigenvalue weighted by atomic mass is 32.1. The van der Waals surface area contributed by atoms with Crippen LogP contribution in [0.25, 0.3) is 0 Å². The molecule has 4 heteroatoms. The maximum absolute atomic E-state index is 11.7. The largest absolute Gasteiger partial charge is 0.399 e. The number of hydrogen-bond donors (Lipinski definition) is 1. The molecular formula is C13H14N2OS. The molecule has 0 fully saturated rings. The fraction of sp³-hybridized carbons (Fsp3) is 0.231. The number of carbonyl (C=O) groups excluding carboxylic acids is 1.